The summed E-state index contributed by atoms with van der Waals surface area (Å²) in [6.07, 6.45) is 4.05. The fraction of sp³-hybridized carbons (Fsp3) is 0.227. The number of piperidine rings is 1. The van der Waals surface area contributed by atoms with Crippen molar-refractivity contribution in [2.75, 3.05) is 18.0 Å². The molecule has 0 atom stereocenters. The highest BCUT2D eigenvalue weighted by molar-refractivity contribution is 6.35. The lowest BCUT2D eigenvalue weighted by atomic mass is 9.90. The number of fused-ring (bicyclic) bond motifs is 1. The van der Waals surface area contributed by atoms with Crippen LogP contribution in [0.1, 0.15) is 24.5 Å². The lowest BCUT2D eigenvalue weighted by molar-refractivity contribution is 0.618. The number of hydrogen-bond donors (Lipinski definition) is 1. The number of nitrogens with one attached hydrogen (secondary N) is 1. The molecule has 0 bridgehead atoms. The van der Waals surface area contributed by atoms with Gasteiger partial charge >= 0.3 is 0 Å². The summed E-state index contributed by atoms with van der Waals surface area (Å²) in [6.45, 7) is 9.86. The quantitative estimate of drug-likeness (QED) is 0.599. The summed E-state index contributed by atoms with van der Waals surface area (Å²) in [7, 11) is 0. The fourth-order valence-electron chi connectivity index (χ4n) is 3.84. The van der Waals surface area contributed by atoms with Crippen LogP contribution in [0.3, 0.4) is 0 Å². The molecule has 1 aliphatic heterocycles. The molecule has 1 aliphatic rings. The molecular formula is C22H21ClFN3. The van der Waals surface area contributed by atoms with E-state index < -0.39 is 0 Å². The minimum absolute atomic E-state index is 0.305. The molecule has 2 aromatic heterocycles. The molecule has 1 aromatic carbocycles. The van der Waals surface area contributed by atoms with Crippen LogP contribution in [-0.4, -0.2) is 23.1 Å². The Morgan fingerprint density at radius 3 is 2.93 bits per heavy atom. The number of H-pyrrole nitrogens is 1. The summed E-state index contributed by atoms with van der Waals surface area (Å²) in [5.74, 6) is 0.526. The number of aryl methyl sites for hydroxylation is 1. The van der Waals surface area contributed by atoms with Crippen molar-refractivity contribution >= 4 is 33.9 Å². The number of rotatable bonds is 2. The van der Waals surface area contributed by atoms with E-state index in [0.29, 0.717) is 11.6 Å². The first kappa shape index (κ1) is 17.8. The minimum Gasteiger partial charge on any atom is -0.360 e. The molecule has 1 fully saturated rings. The van der Waals surface area contributed by atoms with Gasteiger partial charge in [-0.25, -0.2) is 9.37 Å². The van der Waals surface area contributed by atoms with Crippen LogP contribution in [0.2, 0.25) is 5.02 Å². The molecule has 3 nitrogen and oxygen atoms in total. The topological polar surface area (TPSA) is 31.9 Å². The second kappa shape index (κ2) is 6.86. The standard InChI is InChI=1S/C22H21ClFN3/c1-13-7-9-27(22-14(2)10-16(24)11-26-22)12-19(13)15(3)17-4-5-20(23)21-18(17)6-8-25-21/h4-6,8,10-11,25H,1,7,9,12H2,2-3H3/b19-15+. The molecule has 27 heavy (non-hydrogen) atoms. The molecule has 0 spiro atoms. The molecule has 0 aliphatic carbocycles. The Hall–Kier alpha value is -2.59. The van der Waals surface area contributed by atoms with Crippen LogP contribution >= 0.6 is 11.6 Å². The zero-order chi connectivity index (χ0) is 19.1. The highest BCUT2D eigenvalue weighted by atomic mass is 35.5. The van der Waals surface area contributed by atoms with Crippen molar-refractivity contribution in [3.05, 3.63) is 76.4 Å². The van der Waals surface area contributed by atoms with Gasteiger partial charge in [0.25, 0.3) is 0 Å². The lowest BCUT2D eigenvalue weighted by Crippen LogP contribution is -2.33. The molecule has 0 unspecified atom stereocenters. The van der Waals surface area contributed by atoms with E-state index in [2.05, 4.69) is 40.5 Å². The first-order chi connectivity index (χ1) is 13.0. The number of anilines is 1. The zero-order valence-corrected chi connectivity index (χ0v) is 16.2. The van der Waals surface area contributed by atoms with E-state index in [1.54, 1.807) is 0 Å². The van der Waals surface area contributed by atoms with Gasteiger partial charge in [0.15, 0.2) is 0 Å². The van der Waals surface area contributed by atoms with Gasteiger partial charge in [0.2, 0.25) is 0 Å². The average molecular weight is 382 g/mol. The summed E-state index contributed by atoms with van der Waals surface area (Å²) >= 11 is 6.31. The first-order valence-electron chi connectivity index (χ1n) is 8.96. The van der Waals surface area contributed by atoms with Crippen LogP contribution in [-0.2, 0) is 0 Å². The molecule has 4 rings (SSSR count). The van der Waals surface area contributed by atoms with Crippen LogP contribution in [0.15, 0.2) is 54.4 Å². The van der Waals surface area contributed by atoms with Gasteiger partial charge in [-0.1, -0.05) is 24.2 Å². The van der Waals surface area contributed by atoms with E-state index in [-0.39, 0.29) is 5.82 Å². The van der Waals surface area contributed by atoms with Crippen molar-refractivity contribution in [3.63, 3.8) is 0 Å². The van der Waals surface area contributed by atoms with Gasteiger partial charge in [-0.2, -0.15) is 0 Å². The van der Waals surface area contributed by atoms with Crippen LogP contribution in [0.25, 0.3) is 16.5 Å². The van der Waals surface area contributed by atoms with Crippen molar-refractivity contribution in [2.45, 2.75) is 20.3 Å². The number of benzene rings is 1. The van der Waals surface area contributed by atoms with E-state index in [1.807, 2.05) is 19.2 Å². The van der Waals surface area contributed by atoms with Crippen LogP contribution in [0.4, 0.5) is 10.2 Å². The Bertz CT molecular complexity index is 1080. The highest BCUT2D eigenvalue weighted by Gasteiger charge is 2.23. The predicted octanol–water partition coefficient (Wildman–Crippen LogP) is 5.90. The van der Waals surface area contributed by atoms with Gasteiger partial charge in [-0.15, -0.1) is 0 Å². The van der Waals surface area contributed by atoms with Gasteiger partial charge in [0.05, 0.1) is 16.7 Å². The third kappa shape index (κ3) is 3.15. The number of hydrogen-bond acceptors (Lipinski definition) is 2. The van der Waals surface area contributed by atoms with Crippen molar-refractivity contribution in [3.8, 4) is 0 Å². The Kier molecular flexibility index (Phi) is 4.52. The monoisotopic (exact) mass is 381 g/mol. The van der Waals surface area contributed by atoms with Crippen molar-refractivity contribution in [1.29, 1.82) is 0 Å². The molecular weight excluding hydrogens is 361 g/mol. The van der Waals surface area contributed by atoms with Gasteiger partial charge < -0.3 is 9.88 Å². The van der Waals surface area contributed by atoms with Gasteiger partial charge in [-0.3, -0.25) is 0 Å². The molecule has 0 radical (unpaired) electrons. The first-order valence-corrected chi connectivity index (χ1v) is 9.34. The third-order valence-electron chi connectivity index (χ3n) is 5.31. The molecule has 3 aromatic rings. The maximum atomic E-state index is 13.4. The van der Waals surface area contributed by atoms with Crippen molar-refractivity contribution < 1.29 is 4.39 Å². The van der Waals surface area contributed by atoms with Gasteiger partial charge in [0.1, 0.15) is 11.6 Å². The fourth-order valence-corrected chi connectivity index (χ4v) is 4.06. The predicted molar refractivity (Wildman–Crippen MR) is 111 cm³/mol. The van der Waals surface area contributed by atoms with Gasteiger partial charge in [0, 0.05) is 24.7 Å². The van der Waals surface area contributed by atoms with E-state index in [0.717, 1.165) is 46.4 Å². The van der Waals surface area contributed by atoms with Crippen LogP contribution in [0, 0.1) is 12.7 Å². The summed E-state index contributed by atoms with van der Waals surface area (Å²) in [6, 6.07) is 7.57. The molecule has 1 N–H and O–H groups in total. The maximum Gasteiger partial charge on any atom is 0.141 e. The average Bonchev–Trinajstić information content (AvgIpc) is 3.13. The van der Waals surface area contributed by atoms with E-state index >= 15 is 0 Å². The zero-order valence-electron chi connectivity index (χ0n) is 15.4. The number of aromatic nitrogens is 2. The van der Waals surface area contributed by atoms with E-state index in [9.17, 15) is 4.39 Å². The molecule has 1 saturated heterocycles. The summed E-state index contributed by atoms with van der Waals surface area (Å²) in [4.78, 5) is 9.74. The molecule has 138 valence electrons. The molecule has 3 heterocycles. The van der Waals surface area contributed by atoms with Crippen LogP contribution in [0.5, 0.6) is 0 Å². The maximum absolute atomic E-state index is 13.4. The second-order valence-corrected chi connectivity index (χ2v) is 7.44. The Morgan fingerprint density at radius 1 is 1.33 bits per heavy atom. The Balaban J connectivity index is 1.77. The Labute approximate surface area is 163 Å². The van der Waals surface area contributed by atoms with Crippen molar-refractivity contribution in [2.24, 2.45) is 0 Å². The van der Waals surface area contributed by atoms with Crippen molar-refractivity contribution in [1.82, 2.24) is 9.97 Å². The number of pyridine rings is 1. The smallest absolute Gasteiger partial charge is 0.141 e. The third-order valence-corrected chi connectivity index (χ3v) is 5.62. The summed E-state index contributed by atoms with van der Waals surface area (Å²) < 4.78 is 13.4. The van der Waals surface area contributed by atoms with E-state index in [1.165, 1.54) is 23.4 Å². The van der Waals surface area contributed by atoms with Gasteiger partial charge in [-0.05, 0) is 66.3 Å². The normalized spacial score (nSPS) is 16.9. The molecule has 5 heteroatoms. The van der Waals surface area contributed by atoms with E-state index in [4.69, 9.17) is 11.6 Å². The number of nitrogens with zero attached hydrogens (tertiary/aromatic N) is 2. The second-order valence-electron chi connectivity index (χ2n) is 7.03. The number of allylic oxidation sites excluding steroid dienone is 1. The Morgan fingerprint density at radius 2 is 2.15 bits per heavy atom. The molecule has 0 saturated carbocycles. The molecule has 0 amide bonds. The number of halogens is 2. The summed E-state index contributed by atoms with van der Waals surface area (Å²) in [5.41, 5.74) is 6.48. The minimum atomic E-state index is -0.305. The summed E-state index contributed by atoms with van der Waals surface area (Å²) in [5, 5.41) is 1.82. The lowest BCUT2D eigenvalue weighted by Gasteiger charge is -2.33. The number of aromatic amines is 1. The largest absolute Gasteiger partial charge is 0.360 e. The van der Waals surface area contributed by atoms with Crippen LogP contribution < -0.4 is 4.90 Å². The highest BCUT2D eigenvalue weighted by Crippen LogP contribution is 2.35. The SMILES string of the molecule is C=C1CCN(c2ncc(F)cc2C)C/C1=C(/C)c1ccc(Cl)c2[nH]ccc12.